The molecule has 0 aromatic rings. The van der Waals surface area contributed by atoms with Crippen molar-refractivity contribution >= 4 is 23.7 Å². The molecule has 10 heteroatoms. The van der Waals surface area contributed by atoms with Gasteiger partial charge < -0.3 is 10.2 Å². The number of amides is 3. The van der Waals surface area contributed by atoms with Gasteiger partial charge in [-0.2, -0.15) is 0 Å². The maximum absolute atomic E-state index is 11.4. The van der Waals surface area contributed by atoms with E-state index in [0.29, 0.717) is 5.06 Å². The van der Waals surface area contributed by atoms with E-state index in [0.717, 1.165) is 0 Å². The summed E-state index contributed by atoms with van der Waals surface area (Å²) in [6.07, 6.45) is -0.367. The van der Waals surface area contributed by atoms with Gasteiger partial charge in [0.15, 0.2) is 0 Å². The quantitative estimate of drug-likeness (QED) is 0.226. The third-order valence-electron chi connectivity index (χ3n) is 2.35. The minimum Gasteiger partial charge on any atom is -0.356 e. The SMILES string of the molecule is [N-]=[N+]=NCCNC(=O)CCC(=O)ON1C(=O)CCC1=O. The molecule has 1 fully saturated rings. The molecule has 0 unspecified atom stereocenters. The van der Waals surface area contributed by atoms with Crippen LogP contribution in [0.25, 0.3) is 10.4 Å². The molecule has 1 rings (SSSR count). The van der Waals surface area contributed by atoms with Crippen LogP contribution in [0, 0.1) is 0 Å². The Morgan fingerprint density at radius 1 is 1.30 bits per heavy atom. The highest BCUT2D eigenvalue weighted by atomic mass is 16.7. The zero-order chi connectivity index (χ0) is 15.0. The number of rotatable bonds is 7. The number of nitrogens with zero attached hydrogens (tertiary/aromatic N) is 4. The number of hydrogen-bond donors (Lipinski definition) is 1. The second kappa shape index (κ2) is 7.74. The van der Waals surface area contributed by atoms with Gasteiger partial charge in [0, 0.05) is 37.3 Å². The van der Waals surface area contributed by atoms with Crippen molar-refractivity contribution < 1.29 is 24.0 Å². The second-order valence-corrected chi connectivity index (χ2v) is 3.85. The number of hydroxylamine groups is 2. The Labute approximate surface area is 113 Å². The van der Waals surface area contributed by atoms with E-state index >= 15 is 0 Å². The summed E-state index contributed by atoms with van der Waals surface area (Å²) in [5, 5.41) is 6.07. The van der Waals surface area contributed by atoms with Gasteiger partial charge in [-0.25, -0.2) is 4.79 Å². The lowest BCUT2D eigenvalue weighted by Gasteiger charge is -2.12. The lowest BCUT2D eigenvalue weighted by Crippen LogP contribution is -2.33. The lowest BCUT2D eigenvalue weighted by atomic mass is 10.3. The molecule has 10 nitrogen and oxygen atoms in total. The summed E-state index contributed by atoms with van der Waals surface area (Å²) in [5.41, 5.74) is 8.01. The molecule has 0 aliphatic carbocycles. The van der Waals surface area contributed by atoms with Gasteiger partial charge in [-0.15, -0.1) is 5.06 Å². The molecule has 0 spiro atoms. The average molecular weight is 283 g/mol. The molecule has 20 heavy (non-hydrogen) atoms. The van der Waals surface area contributed by atoms with Gasteiger partial charge >= 0.3 is 5.97 Å². The van der Waals surface area contributed by atoms with E-state index in [1.807, 2.05) is 0 Å². The molecule has 1 N–H and O–H groups in total. The number of hydrogen-bond acceptors (Lipinski definition) is 6. The average Bonchev–Trinajstić information content (AvgIpc) is 2.73. The molecule has 108 valence electrons. The minimum absolute atomic E-state index is 0.0199. The van der Waals surface area contributed by atoms with E-state index in [-0.39, 0.29) is 38.8 Å². The first-order valence-corrected chi connectivity index (χ1v) is 5.88. The van der Waals surface area contributed by atoms with E-state index < -0.39 is 23.7 Å². The highest BCUT2D eigenvalue weighted by Crippen LogP contribution is 2.12. The van der Waals surface area contributed by atoms with Crippen molar-refractivity contribution in [2.45, 2.75) is 25.7 Å². The van der Waals surface area contributed by atoms with Crippen molar-refractivity contribution in [3.63, 3.8) is 0 Å². The van der Waals surface area contributed by atoms with Crippen LogP contribution in [0.1, 0.15) is 25.7 Å². The molecule has 0 saturated carbocycles. The molecule has 3 amide bonds. The van der Waals surface area contributed by atoms with E-state index in [2.05, 4.69) is 20.2 Å². The maximum Gasteiger partial charge on any atom is 0.333 e. The first kappa shape index (κ1) is 15.4. The summed E-state index contributed by atoms with van der Waals surface area (Å²) >= 11 is 0. The van der Waals surface area contributed by atoms with Crippen LogP contribution >= 0.6 is 0 Å². The van der Waals surface area contributed by atoms with E-state index in [1.165, 1.54) is 0 Å². The Balaban J connectivity index is 2.22. The van der Waals surface area contributed by atoms with Crippen LogP contribution in [0.4, 0.5) is 0 Å². The Morgan fingerprint density at radius 3 is 2.55 bits per heavy atom. The summed E-state index contributed by atoms with van der Waals surface area (Å²) < 4.78 is 0. The molecule has 0 bridgehead atoms. The maximum atomic E-state index is 11.4. The van der Waals surface area contributed by atoms with Crippen molar-refractivity contribution in [3.8, 4) is 0 Å². The highest BCUT2D eigenvalue weighted by molar-refractivity contribution is 6.01. The standard InChI is InChI=1S/C10H13N5O5/c11-14-13-6-5-12-7(16)1-4-10(19)20-15-8(17)2-3-9(15)18/h1-6H2,(H,12,16). The highest BCUT2D eigenvalue weighted by Gasteiger charge is 2.32. The van der Waals surface area contributed by atoms with E-state index in [4.69, 9.17) is 5.53 Å². The fraction of sp³-hybridized carbons (Fsp3) is 0.600. The summed E-state index contributed by atoms with van der Waals surface area (Å²) in [6.45, 7) is 0.282. The monoisotopic (exact) mass is 283 g/mol. The van der Waals surface area contributed by atoms with E-state index in [9.17, 15) is 19.2 Å². The molecule has 1 aliphatic rings. The molecular formula is C10H13N5O5. The van der Waals surface area contributed by atoms with Gasteiger partial charge in [0.05, 0.1) is 6.42 Å². The fourth-order valence-corrected chi connectivity index (χ4v) is 1.40. The molecule has 1 heterocycles. The summed E-state index contributed by atoms with van der Waals surface area (Å²) in [7, 11) is 0. The van der Waals surface area contributed by atoms with Crippen molar-refractivity contribution in [2.75, 3.05) is 13.1 Å². The van der Waals surface area contributed by atoms with Crippen LogP contribution in [-0.2, 0) is 24.0 Å². The molecule has 1 aliphatic heterocycles. The predicted octanol–water partition coefficient (Wildman–Crippen LogP) is -0.200. The second-order valence-electron chi connectivity index (χ2n) is 3.85. The predicted molar refractivity (Wildman–Crippen MR) is 63.4 cm³/mol. The summed E-state index contributed by atoms with van der Waals surface area (Å²) in [4.78, 5) is 52.1. The van der Waals surface area contributed by atoms with Crippen LogP contribution in [-0.4, -0.2) is 41.8 Å². The van der Waals surface area contributed by atoms with Crippen LogP contribution in [0.2, 0.25) is 0 Å². The van der Waals surface area contributed by atoms with Crippen LogP contribution < -0.4 is 5.32 Å². The Kier molecular flexibility index (Phi) is 5.98. The molecule has 0 atom stereocenters. The van der Waals surface area contributed by atoms with Gasteiger partial charge in [-0.05, 0) is 5.53 Å². The van der Waals surface area contributed by atoms with Crippen molar-refractivity contribution in [1.82, 2.24) is 10.4 Å². The van der Waals surface area contributed by atoms with Crippen molar-refractivity contribution in [1.29, 1.82) is 0 Å². The number of carbonyl (C=O) groups is 4. The van der Waals surface area contributed by atoms with Crippen LogP contribution in [0.15, 0.2) is 5.11 Å². The van der Waals surface area contributed by atoms with Crippen LogP contribution in [0.3, 0.4) is 0 Å². The Bertz CT molecular complexity index is 455. The zero-order valence-electron chi connectivity index (χ0n) is 10.6. The third kappa shape index (κ3) is 4.94. The van der Waals surface area contributed by atoms with Gasteiger partial charge in [-0.3, -0.25) is 14.4 Å². The van der Waals surface area contributed by atoms with E-state index in [1.54, 1.807) is 0 Å². The van der Waals surface area contributed by atoms with Crippen molar-refractivity contribution in [3.05, 3.63) is 10.4 Å². The summed E-state index contributed by atoms with van der Waals surface area (Å²) in [5.74, 6) is -2.39. The zero-order valence-corrected chi connectivity index (χ0v) is 10.6. The normalized spacial score (nSPS) is 13.9. The van der Waals surface area contributed by atoms with Gasteiger partial charge in [0.1, 0.15) is 0 Å². The first-order chi connectivity index (χ1) is 9.54. The Morgan fingerprint density at radius 2 is 1.95 bits per heavy atom. The van der Waals surface area contributed by atoms with Gasteiger partial charge in [0.2, 0.25) is 5.91 Å². The Hall–Kier alpha value is -2.61. The van der Waals surface area contributed by atoms with Gasteiger partial charge in [-0.1, -0.05) is 5.11 Å². The topological polar surface area (TPSA) is 142 Å². The minimum atomic E-state index is -0.834. The number of carbonyl (C=O) groups excluding carboxylic acids is 4. The smallest absolute Gasteiger partial charge is 0.333 e. The van der Waals surface area contributed by atoms with Crippen LogP contribution in [0.5, 0.6) is 0 Å². The number of nitrogens with one attached hydrogen (secondary N) is 1. The fourth-order valence-electron chi connectivity index (χ4n) is 1.40. The number of azide groups is 1. The molecule has 0 aromatic heterocycles. The number of imide groups is 1. The largest absolute Gasteiger partial charge is 0.356 e. The molecular weight excluding hydrogens is 270 g/mol. The van der Waals surface area contributed by atoms with Crippen molar-refractivity contribution in [2.24, 2.45) is 5.11 Å². The van der Waals surface area contributed by atoms with Gasteiger partial charge in [0.25, 0.3) is 11.8 Å². The first-order valence-electron chi connectivity index (χ1n) is 5.88. The molecule has 0 radical (unpaired) electrons. The lowest BCUT2D eigenvalue weighted by molar-refractivity contribution is -0.197. The molecule has 1 saturated heterocycles. The third-order valence-corrected chi connectivity index (χ3v) is 2.35. The summed E-state index contributed by atoms with van der Waals surface area (Å²) in [6, 6.07) is 0. The molecule has 0 aromatic carbocycles.